The average Bonchev–Trinajstić information content (AvgIpc) is 2.39. The van der Waals surface area contributed by atoms with Gasteiger partial charge in [0.05, 0.1) is 6.20 Å². The molecule has 1 aliphatic rings. The summed E-state index contributed by atoms with van der Waals surface area (Å²) >= 11 is 2.02. The van der Waals surface area contributed by atoms with E-state index in [0.717, 1.165) is 30.2 Å². The van der Waals surface area contributed by atoms with Crippen LogP contribution in [0.1, 0.15) is 18.9 Å². The van der Waals surface area contributed by atoms with Gasteiger partial charge < -0.3 is 10.2 Å². The number of anilines is 1. The molecule has 3 nitrogen and oxygen atoms in total. The Hall–Kier alpha value is -0.810. The summed E-state index contributed by atoms with van der Waals surface area (Å²) in [5.74, 6) is 1.79. The van der Waals surface area contributed by atoms with Gasteiger partial charge in [-0.25, -0.2) is 9.37 Å². The lowest BCUT2D eigenvalue weighted by Gasteiger charge is -2.33. The molecule has 1 aromatic rings. The Morgan fingerprint density at radius 1 is 1.61 bits per heavy atom. The van der Waals surface area contributed by atoms with Crippen molar-refractivity contribution >= 4 is 17.6 Å². The summed E-state index contributed by atoms with van der Waals surface area (Å²) in [5.41, 5.74) is 0.944. The topological polar surface area (TPSA) is 28.2 Å². The van der Waals surface area contributed by atoms with Gasteiger partial charge in [-0.05, 0) is 19.5 Å². The highest BCUT2D eigenvalue weighted by Crippen LogP contribution is 2.27. The van der Waals surface area contributed by atoms with Gasteiger partial charge in [-0.15, -0.1) is 0 Å². The van der Waals surface area contributed by atoms with Crippen molar-refractivity contribution in [1.82, 2.24) is 10.3 Å². The van der Waals surface area contributed by atoms with Crippen molar-refractivity contribution in [1.29, 1.82) is 0 Å². The summed E-state index contributed by atoms with van der Waals surface area (Å²) < 4.78 is 13.3. The second kappa shape index (κ2) is 6.38. The van der Waals surface area contributed by atoms with Crippen LogP contribution in [0.2, 0.25) is 0 Å². The van der Waals surface area contributed by atoms with E-state index in [-0.39, 0.29) is 5.82 Å². The minimum atomic E-state index is -0.262. The number of pyridine rings is 1. The maximum absolute atomic E-state index is 13.3. The molecule has 0 bridgehead atoms. The molecule has 2 heterocycles. The minimum Gasteiger partial charge on any atom is -0.354 e. The van der Waals surface area contributed by atoms with Crippen LogP contribution in [-0.4, -0.2) is 36.1 Å². The first-order valence-corrected chi connectivity index (χ1v) is 7.45. The maximum Gasteiger partial charge on any atom is 0.141 e. The van der Waals surface area contributed by atoms with E-state index in [1.54, 1.807) is 6.07 Å². The molecule has 1 atom stereocenters. The van der Waals surface area contributed by atoms with Crippen molar-refractivity contribution in [3.05, 3.63) is 23.6 Å². The molecular formula is C13H20FN3S. The standard InChI is InChI=1S/C13H20FN3S/c1-3-12-9-17(4-5-18-12)13-10(7-15-2)6-11(14)8-16-13/h6,8,12,15H,3-5,7,9H2,1-2H3. The molecule has 0 aliphatic carbocycles. The van der Waals surface area contributed by atoms with Crippen LogP contribution in [0, 0.1) is 5.82 Å². The summed E-state index contributed by atoms with van der Waals surface area (Å²) in [6.07, 6.45) is 2.49. The van der Waals surface area contributed by atoms with Crippen LogP contribution >= 0.6 is 11.8 Å². The van der Waals surface area contributed by atoms with Gasteiger partial charge in [0.25, 0.3) is 0 Å². The van der Waals surface area contributed by atoms with Crippen molar-refractivity contribution < 1.29 is 4.39 Å². The Kier molecular flexibility index (Phi) is 4.83. The van der Waals surface area contributed by atoms with Gasteiger partial charge in [-0.2, -0.15) is 11.8 Å². The highest BCUT2D eigenvalue weighted by molar-refractivity contribution is 8.00. The Balaban J connectivity index is 2.20. The fraction of sp³-hybridized carbons (Fsp3) is 0.615. The summed E-state index contributed by atoms with van der Waals surface area (Å²) in [4.78, 5) is 6.58. The third kappa shape index (κ3) is 3.14. The number of hydrogen-bond acceptors (Lipinski definition) is 4. The lowest BCUT2D eigenvalue weighted by Crippen LogP contribution is -2.39. The second-order valence-electron chi connectivity index (χ2n) is 4.51. The zero-order valence-electron chi connectivity index (χ0n) is 10.9. The molecule has 0 radical (unpaired) electrons. The van der Waals surface area contributed by atoms with Crippen molar-refractivity contribution in [3.63, 3.8) is 0 Å². The van der Waals surface area contributed by atoms with Gasteiger partial charge in [0, 0.05) is 36.2 Å². The molecule has 1 fully saturated rings. The fourth-order valence-electron chi connectivity index (χ4n) is 2.24. The van der Waals surface area contributed by atoms with Crippen LogP contribution in [-0.2, 0) is 6.54 Å². The van der Waals surface area contributed by atoms with Crippen LogP contribution in [0.15, 0.2) is 12.3 Å². The Bertz CT molecular complexity index is 400. The quantitative estimate of drug-likeness (QED) is 0.907. The molecular weight excluding hydrogens is 249 g/mol. The van der Waals surface area contributed by atoms with E-state index in [2.05, 4.69) is 22.1 Å². The lowest BCUT2D eigenvalue weighted by molar-refractivity contribution is 0.613. The van der Waals surface area contributed by atoms with Crippen LogP contribution in [0.5, 0.6) is 0 Å². The van der Waals surface area contributed by atoms with Crippen LogP contribution in [0.4, 0.5) is 10.2 Å². The normalized spacial score (nSPS) is 20.2. The summed E-state index contributed by atoms with van der Waals surface area (Å²) in [5, 5.41) is 3.74. The number of hydrogen-bond donors (Lipinski definition) is 1. The van der Waals surface area contributed by atoms with Gasteiger partial charge in [0.15, 0.2) is 0 Å². The average molecular weight is 269 g/mol. The number of thioether (sulfide) groups is 1. The molecule has 1 unspecified atom stereocenters. The molecule has 1 saturated heterocycles. The van der Waals surface area contributed by atoms with E-state index < -0.39 is 0 Å². The molecule has 100 valence electrons. The van der Waals surface area contributed by atoms with Gasteiger partial charge in [0.1, 0.15) is 11.6 Å². The molecule has 0 saturated carbocycles. The molecule has 1 N–H and O–H groups in total. The van der Waals surface area contributed by atoms with Gasteiger partial charge in [0.2, 0.25) is 0 Å². The second-order valence-corrected chi connectivity index (χ2v) is 5.92. The summed E-state index contributed by atoms with van der Waals surface area (Å²) in [7, 11) is 1.87. The predicted molar refractivity (Wildman–Crippen MR) is 75.7 cm³/mol. The molecule has 18 heavy (non-hydrogen) atoms. The zero-order chi connectivity index (χ0) is 13.0. The van der Waals surface area contributed by atoms with Crippen LogP contribution < -0.4 is 10.2 Å². The summed E-state index contributed by atoms with van der Waals surface area (Å²) in [6.45, 7) is 4.88. The van der Waals surface area contributed by atoms with Crippen molar-refractivity contribution in [2.45, 2.75) is 25.1 Å². The highest BCUT2D eigenvalue weighted by atomic mass is 32.2. The highest BCUT2D eigenvalue weighted by Gasteiger charge is 2.22. The van der Waals surface area contributed by atoms with Crippen molar-refractivity contribution in [2.75, 3.05) is 30.8 Å². The number of nitrogens with one attached hydrogen (secondary N) is 1. The molecule has 1 aromatic heterocycles. The first kappa shape index (κ1) is 13.6. The number of aromatic nitrogens is 1. The molecule has 0 spiro atoms. The number of halogens is 1. The molecule has 2 rings (SSSR count). The van der Waals surface area contributed by atoms with E-state index in [1.807, 2.05) is 18.8 Å². The first-order chi connectivity index (χ1) is 8.74. The largest absolute Gasteiger partial charge is 0.354 e. The third-order valence-electron chi connectivity index (χ3n) is 3.17. The summed E-state index contributed by atoms with van der Waals surface area (Å²) in [6, 6.07) is 1.58. The smallest absolute Gasteiger partial charge is 0.141 e. The predicted octanol–water partition coefficient (Wildman–Crippen LogP) is 2.27. The van der Waals surface area contributed by atoms with Crippen LogP contribution in [0.25, 0.3) is 0 Å². The number of rotatable bonds is 4. The van der Waals surface area contributed by atoms with E-state index in [1.165, 1.54) is 12.6 Å². The maximum atomic E-state index is 13.3. The monoisotopic (exact) mass is 269 g/mol. The zero-order valence-corrected chi connectivity index (χ0v) is 11.8. The minimum absolute atomic E-state index is 0.262. The Morgan fingerprint density at radius 2 is 2.44 bits per heavy atom. The van der Waals surface area contributed by atoms with Crippen LogP contribution in [0.3, 0.4) is 0 Å². The fourth-order valence-corrected chi connectivity index (χ4v) is 3.42. The van der Waals surface area contributed by atoms with E-state index in [9.17, 15) is 4.39 Å². The Labute approximate surface area is 112 Å². The molecule has 5 heteroatoms. The van der Waals surface area contributed by atoms with Crippen molar-refractivity contribution in [3.8, 4) is 0 Å². The lowest BCUT2D eigenvalue weighted by atomic mass is 10.2. The van der Waals surface area contributed by atoms with E-state index in [4.69, 9.17) is 0 Å². The number of nitrogens with zero attached hydrogens (tertiary/aromatic N) is 2. The van der Waals surface area contributed by atoms with E-state index in [0.29, 0.717) is 11.8 Å². The first-order valence-electron chi connectivity index (χ1n) is 6.40. The molecule has 1 aliphatic heterocycles. The molecule has 0 amide bonds. The SMILES string of the molecule is CCC1CN(c2ncc(F)cc2CNC)CCS1. The Morgan fingerprint density at radius 3 is 3.17 bits per heavy atom. The third-order valence-corrected chi connectivity index (χ3v) is 4.54. The molecule has 0 aromatic carbocycles. The van der Waals surface area contributed by atoms with E-state index >= 15 is 0 Å². The van der Waals surface area contributed by atoms with Gasteiger partial charge in [-0.1, -0.05) is 6.92 Å². The van der Waals surface area contributed by atoms with Gasteiger partial charge in [-0.3, -0.25) is 0 Å². The van der Waals surface area contributed by atoms with Gasteiger partial charge >= 0.3 is 0 Å². The van der Waals surface area contributed by atoms with Crippen molar-refractivity contribution in [2.24, 2.45) is 0 Å².